The van der Waals surface area contributed by atoms with Crippen LogP contribution in [-0.2, 0) is 4.79 Å². The van der Waals surface area contributed by atoms with Crippen LogP contribution in [0.15, 0.2) is 17.3 Å². The van der Waals surface area contributed by atoms with Crippen LogP contribution >= 0.6 is 11.6 Å². The minimum absolute atomic E-state index is 0.0436. The zero-order chi connectivity index (χ0) is 20.6. The monoisotopic (exact) mass is 409 g/mol. The fraction of sp³-hybridized carbons (Fsp3) is 0.500. The number of phenolic OH excluding ortho intramolecular Hbond substituents is 1. The summed E-state index contributed by atoms with van der Waals surface area (Å²) in [5.41, 5.74) is 0.941. The molecule has 0 bridgehead atoms. The normalized spacial score (nSPS) is 24.9. The van der Waals surface area contributed by atoms with Crippen molar-refractivity contribution in [2.45, 2.75) is 32.3 Å². The van der Waals surface area contributed by atoms with Crippen LogP contribution in [0, 0.1) is 11.8 Å². The lowest BCUT2D eigenvalue weighted by Gasteiger charge is -2.32. The van der Waals surface area contributed by atoms with Gasteiger partial charge in [-0.05, 0) is 12.3 Å². The number of hydrogen-bond donors (Lipinski definition) is 3. The molecule has 0 saturated carbocycles. The summed E-state index contributed by atoms with van der Waals surface area (Å²) >= 11 is 6.16. The van der Waals surface area contributed by atoms with Crippen molar-refractivity contribution < 1.29 is 29.3 Å². The van der Waals surface area contributed by atoms with Crippen LogP contribution in [0.2, 0.25) is 5.02 Å². The van der Waals surface area contributed by atoms with E-state index < -0.39 is 23.6 Å². The Bertz CT molecular complexity index is 850. The van der Waals surface area contributed by atoms with Crippen molar-refractivity contribution in [2.24, 2.45) is 11.8 Å². The first-order valence-electron chi connectivity index (χ1n) is 9.15. The maximum atomic E-state index is 13.5. The minimum Gasteiger partial charge on any atom is -0.505 e. The third kappa shape index (κ3) is 3.44. The van der Waals surface area contributed by atoms with Gasteiger partial charge >= 0.3 is 0 Å². The molecular weight excluding hydrogens is 386 g/mol. The fourth-order valence-corrected chi connectivity index (χ4v) is 4.22. The number of carbonyl (C=O) groups is 2. The second-order valence-corrected chi connectivity index (χ2v) is 7.61. The van der Waals surface area contributed by atoms with Crippen LogP contribution in [0.3, 0.4) is 0 Å². The van der Waals surface area contributed by atoms with E-state index in [4.69, 9.17) is 21.1 Å². The average molecular weight is 410 g/mol. The molecule has 0 fully saturated rings. The van der Waals surface area contributed by atoms with Crippen LogP contribution < -0.4 is 14.8 Å². The Hall–Kier alpha value is -2.25. The minimum atomic E-state index is -0.678. The molecule has 0 saturated heterocycles. The molecule has 2 aliphatic rings. The zero-order valence-corrected chi connectivity index (χ0v) is 16.8. The highest BCUT2D eigenvalue weighted by Crippen LogP contribution is 2.45. The van der Waals surface area contributed by atoms with Crippen LogP contribution in [0.5, 0.6) is 17.2 Å². The van der Waals surface area contributed by atoms with Gasteiger partial charge in [-0.1, -0.05) is 18.5 Å². The van der Waals surface area contributed by atoms with E-state index >= 15 is 0 Å². The van der Waals surface area contributed by atoms with Crippen molar-refractivity contribution in [1.82, 2.24) is 5.32 Å². The maximum Gasteiger partial charge on any atom is 0.179 e. The van der Waals surface area contributed by atoms with E-state index in [9.17, 15) is 19.8 Å². The smallest absolute Gasteiger partial charge is 0.179 e. The molecule has 1 heterocycles. The molecule has 7 nitrogen and oxygen atoms in total. The van der Waals surface area contributed by atoms with Crippen LogP contribution in [-0.4, -0.2) is 48.6 Å². The van der Waals surface area contributed by atoms with Gasteiger partial charge in [0.05, 0.1) is 26.2 Å². The summed E-state index contributed by atoms with van der Waals surface area (Å²) in [6.07, 6.45) is 0.255. The molecule has 1 aromatic carbocycles. The number of carbonyl (C=O) groups excluding carboxylic acids is 2. The first kappa shape index (κ1) is 20.5. The molecule has 0 aromatic heterocycles. The van der Waals surface area contributed by atoms with Crippen molar-refractivity contribution in [3.63, 3.8) is 0 Å². The van der Waals surface area contributed by atoms with Gasteiger partial charge in [-0.2, -0.15) is 0 Å². The molecule has 0 amide bonds. The number of nitrogens with one attached hydrogen (secondary N) is 1. The second-order valence-electron chi connectivity index (χ2n) is 7.23. The van der Waals surface area contributed by atoms with Gasteiger partial charge < -0.3 is 25.0 Å². The van der Waals surface area contributed by atoms with E-state index in [0.29, 0.717) is 24.2 Å². The number of methoxy groups -OCH3 is 2. The van der Waals surface area contributed by atoms with Gasteiger partial charge in [-0.25, -0.2) is 0 Å². The summed E-state index contributed by atoms with van der Waals surface area (Å²) in [6, 6.07) is 1.45. The van der Waals surface area contributed by atoms with Crippen molar-refractivity contribution in [3.05, 3.63) is 27.9 Å². The number of rotatable bonds is 4. The third-order valence-corrected chi connectivity index (χ3v) is 5.79. The Morgan fingerprint density at radius 3 is 2.57 bits per heavy atom. The topological polar surface area (TPSA) is 105 Å². The largest absolute Gasteiger partial charge is 0.505 e. The lowest BCUT2D eigenvalue weighted by molar-refractivity contribution is -0.117. The second kappa shape index (κ2) is 8.01. The molecule has 1 aliphatic heterocycles. The predicted molar refractivity (Wildman–Crippen MR) is 103 cm³/mol. The first-order valence-corrected chi connectivity index (χ1v) is 9.53. The summed E-state index contributed by atoms with van der Waals surface area (Å²) in [6.45, 7) is 2.28. The molecule has 8 heteroatoms. The highest BCUT2D eigenvalue weighted by atomic mass is 35.5. The van der Waals surface area contributed by atoms with Crippen molar-refractivity contribution in [3.8, 4) is 17.2 Å². The molecule has 152 valence electrons. The number of hydrogen-bond acceptors (Lipinski definition) is 7. The van der Waals surface area contributed by atoms with E-state index in [1.807, 2.05) is 6.92 Å². The summed E-state index contributed by atoms with van der Waals surface area (Å²) in [5.74, 6) is -1.51. The third-order valence-electron chi connectivity index (χ3n) is 5.42. The zero-order valence-electron chi connectivity index (χ0n) is 16.0. The SMILES string of the molecule is COc1cc(OC)c(C(=O)C2C3=C(CC(O)CCN3)C(=O)CC2C)c(O)c1Cl. The number of Topliss-reactive ketones (excluding diaryl/α,β-unsaturated/α-hetero) is 2. The number of ether oxygens (including phenoxy) is 2. The number of benzene rings is 1. The lowest BCUT2D eigenvalue weighted by atomic mass is 9.74. The lowest BCUT2D eigenvalue weighted by Crippen LogP contribution is -2.38. The molecular formula is C20H24ClNO6. The standard InChI is InChI=1S/C20H24ClNO6/c1-9-6-12(24)11-7-10(23)4-5-22-18(11)15(9)19(25)16-13(27-2)8-14(28-3)17(21)20(16)26/h8-10,15,22-23,26H,4-7H2,1-3H3. The number of halogens is 1. The molecule has 3 N–H and O–H groups in total. The van der Waals surface area contributed by atoms with Gasteiger partial charge in [-0.15, -0.1) is 0 Å². The quantitative estimate of drug-likeness (QED) is 0.656. The van der Waals surface area contributed by atoms with Crippen molar-refractivity contribution in [2.75, 3.05) is 20.8 Å². The van der Waals surface area contributed by atoms with E-state index in [2.05, 4.69) is 5.32 Å². The highest BCUT2D eigenvalue weighted by Gasteiger charge is 2.41. The van der Waals surface area contributed by atoms with Crippen molar-refractivity contribution in [1.29, 1.82) is 0 Å². The fourth-order valence-electron chi connectivity index (χ4n) is 4.00. The van der Waals surface area contributed by atoms with Gasteiger partial charge in [0.2, 0.25) is 0 Å². The summed E-state index contributed by atoms with van der Waals surface area (Å²) in [4.78, 5) is 26.1. The number of aromatic hydroxyl groups is 1. The summed E-state index contributed by atoms with van der Waals surface area (Å²) in [5, 5.41) is 23.8. The average Bonchev–Trinajstić information content (AvgIpc) is 2.85. The van der Waals surface area contributed by atoms with Crippen LogP contribution in [0.4, 0.5) is 0 Å². The van der Waals surface area contributed by atoms with E-state index in [-0.39, 0.29) is 46.6 Å². The Labute approximate surface area is 168 Å². The van der Waals surface area contributed by atoms with Gasteiger partial charge in [0.15, 0.2) is 17.3 Å². The van der Waals surface area contributed by atoms with E-state index in [1.54, 1.807) is 0 Å². The highest BCUT2D eigenvalue weighted by molar-refractivity contribution is 6.34. The molecule has 0 radical (unpaired) electrons. The van der Waals surface area contributed by atoms with Gasteiger partial charge in [0.25, 0.3) is 0 Å². The molecule has 3 rings (SSSR count). The van der Waals surface area contributed by atoms with E-state index in [1.165, 1.54) is 20.3 Å². The number of phenols is 1. The number of aliphatic hydroxyl groups is 1. The Morgan fingerprint density at radius 1 is 1.25 bits per heavy atom. The summed E-state index contributed by atoms with van der Waals surface area (Å²) < 4.78 is 10.4. The number of ketones is 2. The molecule has 28 heavy (non-hydrogen) atoms. The molecule has 3 atom stereocenters. The molecule has 1 aliphatic carbocycles. The molecule has 1 aromatic rings. The maximum absolute atomic E-state index is 13.5. The van der Waals surface area contributed by atoms with Crippen LogP contribution in [0.1, 0.15) is 36.5 Å². The Balaban J connectivity index is 2.13. The van der Waals surface area contributed by atoms with E-state index in [0.717, 1.165) is 0 Å². The number of allylic oxidation sites excluding steroid dienone is 1. The predicted octanol–water partition coefficient (Wildman–Crippen LogP) is 2.47. The van der Waals surface area contributed by atoms with Crippen LogP contribution in [0.25, 0.3) is 0 Å². The molecule has 3 unspecified atom stereocenters. The van der Waals surface area contributed by atoms with Gasteiger partial charge in [0, 0.05) is 36.7 Å². The Morgan fingerprint density at radius 2 is 1.93 bits per heavy atom. The molecule has 0 spiro atoms. The Kier molecular flexibility index (Phi) is 5.86. The first-order chi connectivity index (χ1) is 13.3. The number of aliphatic hydroxyl groups excluding tert-OH is 1. The summed E-state index contributed by atoms with van der Waals surface area (Å²) in [7, 11) is 2.78. The van der Waals surface area contributed by atoms with Crippen molar-refractivity contribution >= 4 is 23.2 Å². The van der Waals surface area contributed by atoms with Gasteiger partial charge in [-0.3, -0.25) is 9.59 Å². The van der Waals surface area contributed by atoms with Gasteiger partial charge in [0.1, 0.15) is 22.1 Å².